The molecule has 1 aliphatic rings. The Morgan fingerprint density at radius 3 is 2.80 bits per heavy atom. The fraction of sp³-hybridized carbons (Fsp3) is 0.615. The van der Waals surface area contributed by atoms with Crippen molar-refractivity contribution in [1.82, 2.24) is 15.1 Å². The summed E-state index contributed by atoms with van der Waals surface area (Å²) in [4.78, 5) is 23.5. The number of carboxylic acids is 1. The second-order valence-corrected chi connectivity index (χ2v) is 5.83. The van der Waals surface area contributed by atoms with Crippen LogP contribution in [0.1, 0.15) is 34.6 Å². The van der Waals surface area contributed by atoms with Crippen molar-refractivity contribution in [3.63, 3.8) is 0 Å². The molecule has 0 bridgehead atoms. The van der Waals surface area contributed by atoms with Gasteiger partial charge in [0.2, 0.25) is 0 Å². The van der Waals surface area contributed by atoms with Crippen LogP contribution in [0.5, 0.6) is 0 Å². The van der Waals surface area contributed by atoms with Gasteiger partial charge in [-0.3, -0.25) is 9.48 Å². The largest absolute Gasteiger partial charge is 0.480 e. The Labute approximate surface area is 121 Å². The predicted octanol–water partition coefficient (Wildman–Crippen LogP) is 0.845. The van der Waals surface area contributed by atoms with Crippen LogP contribution in [0.2, 0.25) is 0 Å². The Balaban J connectivity index is 2.20. The average molecular weight is 297 g/mol. The van der Waals surface area contributed by atoms with Crippen LogP contribution in [0.15, 0.2) is 0 Å². The number of hydrogen-bond acceptors (Lipinski definition) is 4. The van der Waals surface area contributed by atoms with Gasteiger partial charge in [-0.25, -0.2) is 4.79 Å². The van der Waals surface area contributed by atoms with E-state index in [0.29, 0.717) is 11.4 Å². The van der Waals surface area contributed by atoms with Crippen LogP contribution in [0.25, 0.3) is 0 Å². The van der Waals surface area contributed by atoms with Crippen molar-refractivity contribution >= 4 is 23.6 Å². The molecule has 1 aliphatic carbocycles. The number of aryl methyl sites for hydroxylation is 2. The Kier molecular flexibility index (Phi) is 4.69. The molecule has 0 saturated heterocycles. The summed E-state index contributed by atoms with van der Waals surface area (Å²) in [5.41, 5.74) is 2.46. The number of amides is 1. The molecule has 7 heteroatoms. The van der Waals surface area contributed by atoms with Crippen molar-refractivity contribution < 1.29 is 14.7 Å². The first kappa shape index (κ1) is 14.9. The number of thioether (sulfide) groups is 1. The molecule has 1 aromatic rings. The zero-order chi connectivity index (χ0) is 14.7. The van der Waals surface area contributed by atoms with E-state index in [1.165, 1.54) is 11.8 Å². The van der Waals surface area contributed by atoms with Gasteiger partial charge in [-0.15, -0.1) is 0 Å². The van der Waals surface area contributed by atoms with E-state index in [9.17, 15) is 9.59 Å². The lowest BCUT2D eigenvalue weighted by Gasteiger charge is -2.15. The number of aromatic nitrogens is 2. The molecular formula is C13H19N3O3S. The molecule has 0 spiro atoms. The first-order valence-electron chi connectivity index (χ1n) is 6.62. The fourth-order valence-electron chi connectivity index (χ4n) is 2.53. The van der Waals surface area contributed by atoms with Crippen molar-refractivity contribution in [2.24, 2.45) is 7.05 Å². The molecule has 6 nitrogen and oxygen atoms in total. The highest BCUT2D eigenvalue weighted by Crippen LogP contribution is 2.23. The van der Waals surface area contributed by atoms with E-state index < -0.39 is 12.0 Å². The highest BCUT2D eigenvalue weighted by Gasteiger charge is 2.27. The minimum atomic E-state index is -1.01. The number of carbonyl (C=O) groups is 2. The first-order valence-corrected chi connectivity index (χ1v) is 8.01. The summed E-state index contributed by atoms with van der Waals surface area (Å²) in [5.74, 6) is -1.01. The van der Waals surface area contributed by atoms with Crippen LogP contribution in [-0.2, 0) is 24.7 Å². The van der Waals surface area contributed by atoms with E-state index in [0.717, 1.165) is 36.9 Å². The van der Waals surface area contributed by atoms with Crippen LogP contribution in [0.4, 0.5) is 0 Å². The van der Waals surface area contributed by atoms with Gasteiger partial charge >= 0.3 is 5.97 Å². The van der Waals surface area contributed by atoms with E-state index in [4.69, 9.17) is 5.11 Å². The monoisotopic (exact) mass is 297 g/mol. The van der Waals surface area contributed by atoms with E-state index in [1.807, 2.05) is 6.26 Å². The van der Waals surface area contributed by atoms with E-state index in [-0.39, 0.29) is 5.91 Å². The third-order valence-corrected chi connectivity index (χ3v) is 4.14. The van der Waals surface area contributed by atoms with Gasteiger partial charge in [-0.1, -0.05) is 0 Å². The maximum atomic E-state index is 12.3. The Hall–Kier alpha value is -1.50. The number of fused-ring (bicyclic) bond motifs is 1. The SMILES string of the molecule is CSC[C@H](NC(=O)c1c2c(nn1C)CCCC2)C(=O)O. The molecule has 1 atom stereocenters. The summed E-state index contributed by atoms with van der Waals surface area (Å²) in [6.45, 7) is 0. The number of nitrogens with one attached hydrogen (secondary N) is 1. The van der Waals surface area contributed by atoms with Crippen molar-refractivity contribution in [1.29, 1.82) is 0 Å². The maximum Gasteiger partial charge on any atom is 0.327 e. The fourth-order valence-corrected chi connectivity index (χ4v) is 3.09. The standard InChI is InChI=1S/C13H19N3O3S/c1-16-11(8-5-3-4-6-9(8)15-16)12(17)14-10(7-20-2)13(18)19/h10H,3-7H2,1-2H3,(H,14,17)(H,18,19)/t10-/m0/s1. The molecule has 0 radical (unpaired) electrons. The molecule has 0 aliphatic heterocycles. The third-order valence-electron chi connectivity index (χ3n) is 3.47. The first-order chi connectivity index (χ1) is 9.54. The molecule has 1 amide bonds. The Morgan fingerprint density at radius 2 is 2.15 bits per heavy atom. The molecule has 2 rings (SSSR count). The zero-order valence-corrected chi connectivity index (χ0v) is 12.5. The number of nitrogens with zero attached hydrogens (tertiary/aromatic N) is 2. The third kappa shape index (κ3) is 2.98. The molecular weight excluding hydrogens is 278 g/mol. The van der Waals surface area contributed by atoms with Gasteiger partial charge in [0.15, 0.2) is 0 Å². The molecule has 110 valence electrons. The summed E-state index contributed by atoms with van der Waals surface area (Å²) in [5, 5.41) is 16.1. The molecule has 0 saturated carbocycles. The van der Waals surface area contributed by atoms with Crippen LogP contribution in [-0.4, -0.2) is 44.8 Å². The Bertz CT molecular complexity index is 527. The van der Waals surface area contributed by atoms with Crippen molar-refractivity contribution in [2.75, 3.05) is 12.0 Å². The second-order valence-electron chi connectivity index (χ2n) is 4.92. The number of rotatable bonds is 5. The van der Waals surface area contributed by atoms with Crippen LogP contribution in [0, 0.1) is 0 Å². The van der Waals surface area contributed by atoms with Crippen LogP contribution in [0.3, 0.4) is 0 Å². The molecule has 2 N–H and O–H groups in total. The maximum absolute atomic E-state index is 12.3. The lowest BCUT2D eigenvalue weighted by Crippen LogP contribution is -2.43. The minimum Gasteiger partial charge on any atom is -0.480 e. The van der Waals surface area contributed by atoms with E-state index in [1.54, 1.807) is 11.7 Å². The summed E-state index contributed by atoms with van der Waals surface area (Å²) >= 11 is 1.39. The predicted molar refractivity (Wildman–Crippen MR) is 77.1 cm³/mol. The summed E-state index contributed by atoms with van der Waals surface area (Å²) in [6, 6.07) is -0.869. The smallest absolute Gasteiger partial charge is 0.327 e. The van der Waals surface area contributed by atoms with Crippen LogP contribution >= 0.6 is 11.8 Å². The summed E-state index contributed by atoms with van der Waals surface area (Å²) < 4.78 is 1.57. The van der Waals surface area contributed by atoms with Gasteiger partial charge in [0, 0.05) is 18.4 Å². The van der Waals surface area contributed by atoms with E-state index in [2.05, 4.69) is 10.4 Å². The molecule has 1 aromatic heterocycles. The second kappa shape index (κ2) is 6.30. The normalized spacial score (nSPS) is 15.5. The molecule has 0 fully saturated rings. The molecule has 0 aromatic carbocycles. The molecule has 1 heterocycles. The summed E-state index contributed by atoms with van der Waals surface area (Å²) in [7, 11) is 1.73. The van der Waals surface area contributed by atoms with Gasteiger partial charge in [0.1, 0.15) is 11.7 Å². The summed E-state index contributed by atoms with van der Waals surface area (Å²) in [6.07, 6.45) is 5.69. The van der Waals surface area contributed by atoms with Crippen molar-refractivity contribution in [2.45, 2.75) is 31.7 Å². The molecule has 0 unspecified atom stereocenters. The van der Waals surface area contributed by atoms with Gasteiger partial charge in [0.25, 0.3) is 5.91 Å². The van der Waals surface area contributed by atoms with E-state index >= 15 is 0 Å². The highest BCUT2D eigenvalue weighted by molar-refractivity contribution is 7.98. The quantitative estimate of drug-likeness (QED) is 0.841. The lowest BCUT2D eigenvalue weighted by atomic mass is 9.95. The van der Waals surface area contributed by atoms with Gasteiger partial charge in [-0.2, -0.15) is 16.9 Å². The number of carboxylic acid groups (broad SMARTS) is 1. The lowest BCUT2D eigenvalue weighted by molar-refractivity contribution is -0.138. The Morgan fingerprint density at radius 1 is 1.45 bits per heavy atom. The van der Waals surface area contributed by atoms with Crippen LogP contribution < -0.4 is 5.32 Å². The van der Waals surface area contributed by atoms with Crippen molar-refractivity contribution in [3.8, 4) is 0 Å². The number of aliphatic carboxylic acids is 1. The highest BCUT2D eigenvalue weighted by atomic mass is 32.2. The van der Waals surface area contributed by atoms with Gasteiger partial charge in [-0.05, 0) is 31.9 Å². The minimum absolute atomic E-state index is 0.343. The topological polar surface area (TPSA) is 84.2 Å². The van der Waals surface area contributed by atoms with Gasteiger partial charge < -0.3 is 10.4 Å². The average Bonchev–Trinajstić information content (AvgIpc) is 2.73. The van der Waals surface area contributed by atoms with Gasteiger partial charge in [0.05, 0.1) is 5.69 Å². The zero-order valence-electron chi connectivity index (χ0n) is 11.7. The van der Waals surface area contributed by atoms with Crippen molar-refractivity contribution in [3.05, 3.63) is 17.0 Å². The molecule has 20 heavy (non-hydrogen) atoms. The number of carbonyl (C=O) groups excluding carboxylic acids is 1. The number of hydrogen-bond donors (Lipinski definition) is 2.